The van der Waals surface area contributed by atoms with Gasteiger partial charge in [-0.2, -0.15) is 0 Å². The summed E-state index contributed by atoms with van der Waals surface area (Å²) in [6.45, 7) is 1.94. The number of nitrogens with one attached hydrogen (secondary N) is 1. The summed E-state index contributed by atoms with van der Waals surface area (Å²) in [5.74, 6) is 3.35. The highest BCUT2D eigenvalue weighted by molar-refractivity contribution is 7.14. The molecule has 1 aromatic carbocycles. The van der Waals surface area contributed by atoms with Crippen LogP contribution in [0.4, 0.5) is 8.78 Å². The van der Waals surface area contributed by atoms with Gasteiger partial charge in [-0.3, -0.25) is 10.2 Å². The van der Waals surface area contributed by atoms with Crippen molar-refractivity contribution in [3.05, 3.63) is 51.2 Å². The number of aryl methyl sites for hydroxylation is 1. The molecule has 7 heteroatoms. The average molecular weight is 298 g/mol. The number of ether oxygens (including phenoxy) is 1. The summed E-state index contributed by atoms with van der Waals surface area (Å²) in [4.78, 5) is 12.7. The van der Waals surface area contributed by atoms with Gasteiger partial charge in [0.1, 0.15) is 24.0 Å². The van der Waals surface area contributed by atoms with Crippen LogP contribution in [0.5, 0.6) is 5.75 Å². The first kappa shape index (κ1) is 14.4. The Balaban J connectivity index is 2.10. The Bertz CT molecular complexity index is 623. The Labute approximate surface area is 118 Å². The van der Waals surface area contributed by atoms with E-state index >= 15 is 0 Å². The topological polar surface area (TPSA) is 64.4 Å². The molecule has 1 amide bonds. The Hall–Kier alpha value is -1.99. The summed E-state index contributed by atoms with van der Waals surface area (Å²) in [6, 6.07) is 4.60. The van der Waals surface area contributed by atoms with Crippen LogP contribution in [0.25, 0.3) is 0 Å². The SMILES string of the molecule is Cc1sc(C(=O)NN)cc1COc1cc(F)cc(F)c1. The van der Waals surface area contributed by atoms with E-state index in [1.807, 2.05) is 12.3 Å². The molecule has 1 aromatic heterocycles. The number of amides is 1. The van der Waals surface area contributed by atoms with Gasteiger partial charge in [0, 0.05) is 28.6 Å². The van der Waals surface area contributed by atoms with Crippen LogP contribution in [0.3, 0.4) is 0 Å². The maximum Gasteiger partial charge on any atom is 0.275 e. The highest BCUT2D eigenvalue weighted by Gasteiger charge is 2.12. The van der Waals surface area contributed by atoms with Crippen LogP contribution in [0.1, 0.15) is 20.1 Å². The molecule has 1 heterocycles. The fourth-order valence-corrected chi connectivity index (χ4v) is 2.55. The molecule has 0 fully saturated rings. The van der Waals surface area contributed by atoms with Crippen molar-refractivity contribution in [3.63, 3.8) is 0 Å². The molecule has 0 aliphatic rings. The molecule has 0 bridgehead atoms. The molecule has 3 N–H and O–H groups in total. The smallest absolute Gasteiger partial charge is 0.275 e. The van der Waals surface area contributed by atoms with Gasteiger partial charge in [0.2, 0.25) is 0 Å². The quantitative estimate of drug-likeness (QED) is 0.518. The van der Waals surface area contributed by atoms with E-state index in [1.54, 1.807) is 6.07 Å². The third-order valence-electron chi connectivity index (χ3n) is 2.61. The van der Waals surface area contributed by atoms with E-state index in [1.165, 1.54) is 11.3 Å². The Morgan fingerprint density at radius 1 is 1.30 bits per heavy atom. The second-order valence-electron chi connectivity index (χ2n) is 4.06. The Morgan fingerprint density at radius 2 is 1.95 bits per heavy atom. The zero-order valence-corrected chi connectivity index (χ0v) is 11.4. The first-order valence-corrected chi connectivity index (χ1v) is 6.50. The minimum atomic E-state index is -0.703. The van der Waals surface area contributed by atoms with Crippen LogP contribution in [0.2, 0.25) is 0 Å². The lowest BCUT2D eigenvalue weighted by Crippen LogP contribution is -2.29. The second-order valence-corrected chi connectivity index (χ2v) is 5.32. The zero-order chi connectivity index (χ0) is 14.7. The van der Waals surface area contributed by atoms with E-state index in [0.29, 0.717) is 4.88 Å². The van der Waals surface area contributed by atoms with Crippen molar-refractivity contribution < 1.29 is 18.3 Å². The monoisotopic (exact) mass is 298 g/mol. The van der Waals surface area contributed by atoms with Gasteiger partial charge in [-0.15, -0.1) is 11.3 Å². The van der Waals surface area contributed by atoms with E-state index in [2.05, 4.69) is 0 Å². The third-order valence-corrected chi connectivity index (χ3v) is 3.70. The second kappa shape index (κ2) is 5.98. The van der Waals surface area contributed by atoms with Gasteiger partial charge < -0.3 is 4.74 Å². The number of carbonyl (C=O) groups is 1. The molecule has 0 saturated heterocycles. The largest absolute Gasteiger partial charge is 0.489 e. The summed E-state index contributed by atoms with van der Waals surface area (Å²) in [6.07, 6.45) is 0. The lowest BCUT2D eigenvalue weighted by molar-refractivity contribution is 0.0957. The van der Waals surface area contributed by atoms with Crippen molar-refractivity contribution in [1.82, 2.24) is 5.43 Å². The van der Waals surface area contributed by atoms with Crippen LogP contribution >= 0.6 is 11.3 Å². The van der Waals surface area contributed by atoms with E-state index < -0.39 is 11.6 Å². The summed E-state index contributed by atoms with van der Waals surface area (Å²) >= 11 is 1.27. The van der Waals surface area contributed by atoms with Crippen molar-refractivity contribution in [1.29, 1.82) is 0 Å². The fraction of sp³-hybridized carbons (Fsp3) is 0.154. The Morgan fingerprint density at radius 3 is 2.55 bits per heavy atom. The molecule has 2 rings (SSSR count). The molecule has 0 spiro atoms. The van der Waals surface area contributed by atoms with Crippen molar-refractivity contribution in [3.8, 4) is 5.75 Å². The summed E-state index contributed by atoms with van der Waals surface area (Å²) in [7, 11) is 0. The van der Waals surface area contributed by atoms with Gasteiger partial charge in [0.15, 0.2) is 0 Å². The minimum absolute atomic E-state index is 0.0953. The lowest BCUT2D eigenvalue weighted by Gasteiger charge is -2.06. The number of hydrogen-bond donors (Lipinski definition) is 2. The maximum absolute atomic E-state index is 13.0. The summed E-state index contributed by atoms with van der Waals surface area (Å²) < 4.78 is 31.3. The van der Waals surface area contributed by atoms with Gasteiger partial charge in [-0.25, -0.2) is 14.6 Å². The number of rotatable bonds is 4. The van der Waals surface area contributed by atoms with Gasteiger partial charge in [-0.05, 0) is 13.0 Å². The molecule has 0 aliphatic carbocycles. The number of nitrogens with two attached hydrogens (primary N) is 1. The van der Waals surface area contributed by atoms with Gasteiger partial charge in [0.25, 0.3) is 5.91 Å². The standard InChI is InChI=1S/C13H12F2N2O2S/c1-7-8(2-12(20-7)13(18)17-16)6-19-11-4-9(14)3-10(15)5-11/h2-5H,6,16H2,1H3,(H,17,18). The van der Waals surface area contributed by atoms with Crippen LogP contribution < -0.4 is 16.0 Å². The lowest BCUT2D eigenvalue weighted by atomic mass is 10.2. The van der Waals surface area contributed by atoms with Crippen molar-refractivity contribution >= 4 is 17.2 Å². The average Bonchev–Trinajstić information content (AvgIpc) is 2.76. The number of hydrazine groups is 1. The van der Waals surface area contributed by atoms with Gasteiger partial charge in [0.05, 0.1) is 4.88 Å². The fourth-order valence-electron chi connectivity index (χ4n) is 1.62. The van der Waals surface area contributed by atoms with Gasteiger partial charge in [-0.1, -0.05) is 0 Å². The number of hydrogen-bond acceptors (Lipinski definition) is 4. The molecule has 106 valence electrons. The molecular formula is C13H12F2N2O2S. The molecule has 20 heavy (non-hydrogen) atoms. The molecule has 0 unspecified atom stereocenters. The molecular weight excluding hydrogens is 286 g/mol. The first-order valence-electron chi connectivity index (χ1n) is 5.68. The number of carbonyl (C=O) groups excluding carboxylic acids is 1. The first-order chi connectivity index (χ1) is 9.49. The van der Waals surface area contributed by atoms with Crippen LogP contribution in [-0.2, 0) is 6.61 Å². The van der Waals surface area contributed by atoms with Crippen molar-refractivity contribution in [2.24, 2.45) is 5.84 Å². The molecule has 0 saturated carbocycles. The van der Waals surface area contributed by atoms with Crippen LogP contribution in [0.15, 0.2) is 24.3 Å². The third kappa shape index (κ3) is 3.31. The molecule has 4 nitrogen and oxygen atoms in total. The molecule has 0 radical (unpaired) electrons. The van der Waals surface area contributed by atoms with E-state index in [0.717, 1.165) is 28.6 Å². The highest BCUT2D eigenvalue weighted by atomic mass is 32.1. The zero-order valence-electron chi connectivity index (χ0n) is 10.6. The van der Waals surface area contributed by atoms with E-state index in [-0.39, 0.29) is 18.3 Å². The minimum Gasteiger partial charge on any atom is -0.489 e. The summed E-state index contributed by atoms with van der Waals surface area (Å²) in [5.41, 5.74) is 2.80. The molecule has 0 aliphatic heterocycles. The van der Waals surface area contributed by atoms with E-state index in [9.17, 15) is 13.6 Å². The Kier molecular flexibility index (Phi) is 4.31. The highest BCUT2D eigenvalue weighted by Crippen LogP contribution is 2.24. The predicted molar refractivity (Wildman–Crippen MR) is 71.4 cm³/mol. The van der Waals surface area contributed by atoms with Crippen molar-refractivity contribution in [2.75, 3.05) is 0 Å². The van der Waals surface area contributed by atoms with Crippen LogP contribution in [-0.4, -0.2) is 5.91 Å². The number of nitrogen functional groups attached to an aromatic ring is 1. The number of thiophene rings is 1. The predicted octanol–water partition coefficient (Wildman–Crippen LogP) is 2.52. The maximum atomic E-state index is 13.0. The molecule has 2 aromatic rings. The number of halogens is 2. The number of benzene rings is 1. The normalized spacial score (nSPS) is 10.4. The summed E-state index contributed by atoms with van der Waals surface area (Å²) in [5, 5.41) is 0. The van der Waals surface area contributed by atoms with Crippen LogP contribution in [0, 0.1) is 18.6 Å². The van der Waals surface area contributed by atoms with Gasteiger partial charge >= 0.3 is 0 Å². The van der Waals surface area contributed by atoms with Crippen molar-refractivity contribution in [2.45, 2.75) is 13.5 Å². The molecule has 0 atom stereocenters. The van der Waals surface area contributed by atoms with E-state index in [4.69, 9.17) is 10.6 Å².